The van der Waals surface area contributed by atoms with Gasteiger partial charge in [0.2, 0.25) is 76.8 Å². The molecule has 0 bridgehead atoms. The zero-order chi connectivity index (χ0) is 80.8. The van der Waals surface area contributed by atoms with Gasteiger partial charge in [-0.3, -0.25) is 62.3 Å². The smallest absolute Gasteiger partial charge is 0.246 e. The molecule has 0 radical (unpaired) electrons. The molecule has 5 rings (SSSR count). The molecule has 3 heterocycles. The van der Waals surface area contributed by atoms with E-state index in [1.165, 1.54) is 9.80 Å². The van der Waals surface area contributed by atoms with Gasteiger partial charge in [0.1, 0.15) is 72.5 Å². The number of nitrogens with zero attached hydrogens (tertiary/aromatic N) is 2. The zero-order valence-corrected chi connectivity index (χ0v) is 66.4. The van der Waals surface area contributed by atoms with E-state index in [0.717, 1.165) is 25.7 Å². The molecule has 3 saturated heterocycles. The van der Waals surface area contributed by atoms with E-state index in [0.29, 0.717) is 62.6 Å². The Morgan fingerprint density at radius 1 is 0.436 bits per heavy atom. The first-order valence-electron chi connectivity index (χ1n) is 40.4. The van der Waals surface area contributed by atoms with Crippen LogP contribution in [-0.2, 0) is 75.2 Å². The van der Waals surface area contributed by atoms with Gasteiger partial charge in [0.25, 0.3) is 0 Å². The van der Waals surface area contributed by atoms with Crippen molar-refractivity contribution in [1.29, 1.82) is 0 Å². The molecule has 30 nitrogen and oxygen atoms in total. The van der Waals surface area contributed by atoms with Crippen molar-refractivity contribution in [1.82, 2.24) is 68.3 Å². The number of rotatable bonds is 34. The van der Waals surface area contributed by atoms with Gasteiger partial charge >= 0.3 is 0 Å². The van der Waals surface area contributed by atoms with Gasteiger partial charge < -0.3 is 91.2 Å². The van der Waals surface area contributed by atoms with Gasteiger partial charge in [-0.25, -0.2) is 0 Å². The summed E-state index contributed by atoms with van der Waals surface area (Å²) in [5.74, 6) is -11.0. The SMILES string of the molecule is CCCCCCCC(=O)N[C@@H](CCCCN)C(=O)NCC(C)[C@@H]1NC(=O)[C@@H]2CCCN2C(=O)[C@@H](Cc2ccccc2)NC(=O)[C@H](CC(C)C)NC(=O)[C@H](CCCN)NC(=O)[C@H](C(C)C)NC(=O)[C@@H](CCCCN)NC(=O)[C@@H]2CCCN2C(=O)[C@@H](Cc2ccccc2)NC(=O)[C@H](CC(C)C)NC(=O)[C@H](CCCN)NC1=O. The molecule has 110 heavy (non-hydrogen) atoms. The fraction of sp³-hybridized carbons (Fsp3) is 0.688. The second-order valence-electron chi connectivity index (χ2n) is 31.1. The Hall–Kier alpha value is -8.61. The second kappa shape index (κ2) is 48.9. The molecule has 13 atom stereocenters. The summed E-state index contributed by atoms with van der Waals surface area (Å²) in [5, 5.41) is 31.6. The second-order valence-corrected chi connectivity index (χ2v) is 31.1. The lowest BCUT2D eigenvalue weighted by molar-refractivity contribution is -0.143. The van der Waals surface area contributed by atoms with Crippen LogP contribution >= 0.6 is 0 Å². The van der Waals surface area contributed by atoms with E-state index in [2.05, 4.69) is 65.4 Å². The van der Waals surface area contributed by atoms with Crippen molar-refractivity contribution in [2.24, 2.45) is 46.6 Å². The molecule has 0 spiro atoms. The van der Waals surface area contributed by atoms with Gasteiger partial charge in [0, 0.05) is 44.8 Å². The maximum atomic E-state index is 15.4. The number of unbranched alkanes of at least 4 members (excludes halogenated alkanes) is 6. The lowest BCUT2D eigenvalue weighted by Crippen LogP contribution is -2.62. The van der Waals surface area contributed by atoms with Gasteiger partial charge in [-0.1, -0.05) is 142 Å². The molecule has 3 fully saturated rings. The number of amides is 13. The van der Waals surface area contributed by atoms with Gasteiger partial charge in [-0.2, -0.15) is 0 Å². The van der Waals surface area contributed by atoms with E-state index in [1.807, 2.05) is 27.7 Å². The van der Waals surface area contributed by atoms with Crippen molar-refractivity contribution in [2.75, 3.05) is 45.8 Å². The molecule has 0 aliphatic carbocycles. The standard InChI is InChI=1S/C80H131N17O13/c1-9-10-11-12-19-38-66(98)86-56(32-20-22-39-81)69(99)85-49-53(8)68-78(108)89-59(35-25-42-84)71(101)91-61(46-51(4)5)74(104)92-62(47-54-28-15-13-16-29-54)79(109)96-43-26-36-64(96)75(105)87-57(33-21-23-40-82)72(102)94-67(52(6)7)77(107)88-58(34-24-41-83)70(100)90-60(45-50(2)3)73(103)93-63(48-55-30-17-14-18-31-55)80(110)97-44-27-37-65(97)76(106)95-68/h13-18,28-31,50-53,56-65,67-68H,9-12,19-27,32-49,81-84H2,1-8H3,(H,85,99)(H,86,98)(H,87,105)(H,88,107)(H,89,108)(H,90,100)(H,91,101)(H,92,104)(H,93,103)(H,94,102)(H,95,106)/t53?,56-,57+,58-,59-,60-,61-,62+,63+,64-,65-,67-,68-/m0/s1. The fourth-order valence-electron chi connectivity index (χ4n) is 14.3. The largest absolute Gasteiger partial charge is 0.354 e. The molecule has 13 amide bonds. The lowest BCUT2D eigenvalue weighted by Gasteiger charge is -2.33. The highest BCUT2D eigenvalue weighted by molar-refractivity contribution is 6.00. The minimum absolute atomic E-state index is 0.00801. The van der Waals surface area contributed by atoms with Crippen LogP contribution in [0, 0.1) is 23.7 Å². The Kier molecular flexibility index (Phi) is 40.9. The zero-order valence-electron chi connectivity index (χ0n) is 66.4. The summed E-state index contributed by atoms with van der Waals surface area (Å²) < 4.78 is 0. The minimum atomic E-state index is -1.55. The molecule has 614 valence electrons. The highest BCUT2D eigenvalue weighted by atomic mass is 16.2. The molecular weight excluding hydrogens is 1410 g/mol. The normalized spacial score (nSPS) is 24.2. The summed E-state index contributed by atoms with van der Waals surface area (Å²) in [6, 6.07) is 2.32. The monoisotopic (exact) mass is 1540 g/mol. The highest BCUT2D eigenvalue weighted by Crippen LogP contribution is 2.25. The summed E-state index contributed by atoms with van der Waals surface area (Å²) in [7, 11) is 0. The molecule has 3 aliphatic heterocycles. The van der Waals surface area contributed by atoms with Crippen molar-refractivity contribution in [3.8, 4) is 0 Å². The summed E-state index contributed by atoms with van der Waals surface area (Å²) in [4.78, 5) is 196. The minimum Gasteiger partial charge on any atom is -0.354 e. The molecular formula is C80H131N17O13. The number of hydrogen-bond acceptors (Lipinski definition) is 17. The van der Waals surface area contributed by atoms with Gasteiger partial charge in [-0.15, -0.1) is 0 Å². The molecule has 30 heteroatoms. The number of carbonyl (C=O) groups excluding carboxylic acids is 13. The molecule has 2 aromatic rings. The lowest BCUT2D eigenvalue weighted by atomic mass is 9.98. The predicted molar refractivity (Wildman–Crippen MR) is 421 cm³/mol. The van der Waals surface area contributed by atoms with Crippen LogP contribution in [0.5, 0.6) is 0 Å². The molecule has 2 aromatic carbocycles. The number of carbonyl (C=O) groups is 13. The van der Waals surface area contributed by atoms with Crippen molar-refractivity contribution in [3.63, 3.8) is 0 Å². The average molecular weight is 1540 g/mol. The van der Waals surface area contributed by atoms with E-state index in [4.69, 9.17) is 22.9 Å². The quantitative estimate of drug-likeness (QED) is 0.0445. The Morgan fingerprint density at radius 2 is 0.827 bits per heavy atom. The van der Waals surface area contributed by atoms with Crippen LogP contribution in [0.2, 0.25) is 0 Å². The van der Waals surface area contributed by atoms with Crippen LogP contribution in [0.4, 0.5) is 0 Å². The highest BCUT2D eigenvalue weighted by Gasteiger charge is 2.44. The number of fused-ring (bicyclic) bond motifs is 2. The first kappa shape index (κ1) is 92.0. The third-order valence-corrected chi connectivity index (χ3v) is 20.5. The van der Waals surface area contributed by atoms with E-state index in [-0.39, 0.29) is 140 Å². The van der Waals surface area contributed by atoms with Crippen LogP contribution in [0.15, 0.2) is 60.7 Å². The molecule has 19 N–H and O–H groups in total. The Morgan fingerprint density at radius 3 is 1.28 bits per heavy atom. The van der Waals surface area contributed by atoms with Crippen LogP contribution < -0.4 is 81.4 Å². The molecule has 0 saturated carbocycles. The van der Waals surface area contributed by atoms with Crippen LogP contribution in [0.3, 0.4) is 0 Å². The first-order valence-corrected chi connectivity index (χ1v) is 40.4. The van der Waals surface area contributed by atoms with Crippen LogP contribution in [0.25, 0.3) is 0 Å². The average Bonchev–Trinajstić information content (AvgIpc) is 1.63. The number of hydrogen-bond donors (Lipinski definition) is 15. The topological polar surface area (TPSA) is 465 Å². The molecule has 3 aliphatic rings. The van der Waals surface area contributed by atoms with Crippen molar-refractivity contribution in [3.05, 3.63) is 71.8 Å². The first-order chi connectivity index (χ1) is 52.6. The van der Waals surface area contributed by atoms with Gasteiger partial charge in [-0.05, 0) is 164 Å². The maximum absolute atomic E-state index is 15.4. The molecule has 1 unspecified atom stereocenters. The summed E-state index contributed by atoms with van der Waals surface area (Å²) in [5.41, 5.74) is 25.2. The van der Waals surface area contributed by atoms with Crippen molar-refractivity contribution < 1.29 is 62.3 Å². The maximum Gasteiger partial charge on any atom is 0.246 e. The van der Waals surface area contributed by atoms with Crippen LogP contribution in [-0.4, -0.2) is 205 Å². The predicted octanol–water partition coefficient (Wildman–Crippen LogP) is 1.91. The van der Waals surface area contributed by atoms with E-state index >= 15 is 33.6 Å². The van der Waals surface area contributed by atoms with Crippen molar-refractivity contribution in [2.45, 2.75) is 282 Å². The van der Waals surface area contributed by atoms with E-state index in [1.54, 1.807) is 81.4 Å². The number of nitrogens with two attached hydrogens (primary N) is 4. The third kappa shape index (κ3) is 30.6. The number of nitrogens with one attached hydrogen (secondary N) is 11. The third-order valence-electron chi connectivity index (χ3n) is 20.5. The Balaban J connectivity index is 1.66. The Labute approximate surface area is 650 Å². The molecule has 0 aromatic heterocycles. The number of benzene rings is 2. The van der Waals surface area contributed by atoms with Crippen LogP contribution in [0.1, 0.15) is 208 Å². The summed E-state index contributed by atoms with van der Waals surface area (Å²) in [6.07, 6.45) is 8.35. The summed E-state index contributed by atoms with van der Waals surface area (Å²) in [6.45, 7) is 15.1. The Bertz CT molecular complexity index is 3270. The van der Waals surface area contributed by atoms with E-state index in [9.17, 15) is 28.8 Å². The van der Waals surface area contributed by atoms with Gasteiger partial charge in [0.05, 0.1) is 0 Å². The van der Waals surface area contributed by atoms with E-state index < -0.39 is 155 Å². The van der Waals surface area contributed by atoms with Gasteiger partial charge in [0.15, 0.2) is 0 Å². The van der Waals surface area contributed by atoms with Crippen molar-refractivity contribution >= 4 is 76.8 Å². The fourth-order valence-corrected chi connectivity index (χ4v) is 14.3. The summed E-state index contributed by atoms with van der Waals surface area (Å²) >= 11 is 0.